The van der Waals surface area contributed by atoms with E-state index in [0.717, 1.165) is 35.1 Å². The third-order valence-electron chi connectivity index (χ3n) is 5.17. The Balaban J connectivity index is 1.51. The van der Waals surface area contributed by atoms with Crippen molar-refractivity contribution in [3.63, 3.8) is 0 Å². The molecule has 2 fully saturated rings. The number of amides is 3. The Bertz CT molecular complexity index is 1100. The lowest BCUT2D eigenvalue weighted by atomic mass is 10.1. The number of hydrogen-bond acceptors (Lipinski definition) is 5. The molecule has 2 aliphatic heterocycles. The molecule has 0 saturated carbocycles. The summed E-state index contributed by atoms with van der Waals surface area (Å²) in [6.45, 7) is 1.37. The largest absolute Gasteiger partial charge is 0.488 e. The van der Waals surface area contributed by atoms with E-state index < -0.39 is 11.1 Å². The van der Waals surface area contributed by atoms with Gasteiger partial charge in [-0.3, -0.25) is 19.3 Å². The van der Waals surface area contributed by atoms with Crippen molar-refractivity contribution in [2.45, 2.75) is 19.4 Å². The molecule has 0 bridgehead atoms. The van der Waals surface area contributed by atoms with Gasteiger partial charge < -0.3 is 9.64 Å². The first-order valence-corrected chi connectivity index (χ1v) is 11.7. The maximum absolute atomic E-state index is 12.8. The number of hydrogen-bond donors (Lipinski definition) is 0. The highest BCUT2D eigenvalue weighted by Gasteiger charge is 2.37. The molecule has 0 unspecified atom stereocenters. The van der Waals surface area contributed by atoms with Crippen LogP contribution in [0, 0.1) is 0 Å². The van der Waals surface area contributed by atoms with Gasteiger partial charge in [0, 0.05) is 28.7 Å². The van der Waals surface area contributed by atoms with Gasteiger partial charge in [0.15, 0.2) is 0 Å². The van der Waals surface area contributed by atoms with Gasteiger partial charge in [0.2, 0.25) is 5.91 Å². The number of rotatable bonds is 6. The number of halogens is 2. The van der Waals surface area contributed by atoms with Gasteiger partial charge in [-0.25, -0.2) is 0 Å². The Morgan fingerprint density at radius 3 is 2.56 bits per heavy atom. The normalized spacial score (nSPS) is 17.5. The SMILES string of the molecule is O=C(CN1C(=O)S/C(=C/c2cc(Cl)ccc2OCc2cccc(Cl)c2)C1=O)N1CCCC1. The topological polar surface area (TPSA) is 66.9 Å². The number of imide groups is 1. The molecule has 2 aromatic carbocycles. The van der Waals surface area contributed by atoms with Crippen LogP contribution in [0.15, 0.2) is 47.4 Å². The number of benzene rings is 2. The zero-order valence-electron chi connectivity index (χ0n) is 17.1. The summed E-state index contributed by atoms with van der Waals surface area (Å²) >= 11 is 13.0. The van der Waals surface area contributed by atoms with Gasteiger partial charge in [-0.1, -0.05) is 35.3 Å². The molecule has 32 heavy (non-hydrogen) atoms. The second kappa shape index (κ2) is 9.98. The molecule has 2 aliphatic rings. The average molecular weight is 491 g/mol. The Morgan fingerprint density at radius 1 is 1.06 bits per heavy atom. The molecule has 0 atom stereocenters. The number of likely N-dealkylation sites (tertiary alicyclic amines) is 1. The molecule has 4 rings (SSSR count). The van der Waals surface area contributed by atoms with Crippen LogP contribution in [0.4, 0.5) is 4.79 Å². The minimum atomic E-state index is -0.492. The molecule has 0 radical (unpaired) electrons. The summed E-state index contributed by atoms with van der Waals surface area (Å²) in [7, 11) is 0. The summed E-state index contributed by atoms with van der Waals surface area (Å²) in [6.07, 6.45) is 3.46. The second-order valence-corrected chi connectivity index (χ2v) is 9.32. The van der Waals surface area contributed by atoms with E-state index >= 15 is 0 Å². The van der Waals surface area contributed by atoms with Gasteiger partial charge in [0.25, 0.3) is 11.1 Å². The minimum Gasteiger partial charge on any atom is -0.488 e. The van der Waals surface area contributed by atoms with E-state index in [0.29, 0.717) is 34.4 Å². The number of carbonyl (C=O) groups excluding carboxylic acids is 3. The predicted molar refractivity (Wildman–Crippen MR) is 126 cm³/mol. The van der Waals surface area contributed by atoms with Crippen LogP contribution in [-0.2, 0) is 16.2 Å². The second-order valence-electron chi connectivity index (χ2n) is 7.46. The molecule has 3 amide bonds. The summed E-state index contributed by atoms with van der Waals surface area (Å²) < 4.78 is 5.92. The quantitative estimate of drug-likeness (QED) is 0.518. The fourth-order valence-electron chi connectivity index (χ4n) is 3.53. The molecule has 2 saturated heterocycles. The van der Waals surface area contributed by atoms with Gasteiger partial charge in [0.1, 0.15) is 18.9 Å². The van der Waals surface area contributed by atoms with Crippen LogP contribution in [0.5, 0.6) is 5.75 Å². The van der Waals surface area contributed by atoms with E-state index in [-0.39, 0.29) is 24.0 Å². The standard InChI is InChI=1S/C23H20Cl2N2O4S/c24-17-5-3-4-15(10-17)14-31-19-7-6-18(25)11-16(19)12-20-22(29)27(23(30)32-20)13-21(28)26-8-1-2-9-26/h3-7,10-12H,1-2,8-9,13-14H2/b20-12+. The van der Waals surface area contributed by atoms with Crippen molar-refractivity contribution in [3.05, 3.63) is 68.5 Å². The molecule has 0 spiro atoms. The predicted octanol–water partition coefficient (Wildman–Crippen LogP) is 5.23. The van der Waals surface area contributed by atoms with E-state index in [4.69, 9.17) is 27.9 Å². The third-order valence-corrected chi connectivity index (χ3v) is 6.55. The van der Waals surface area contributed by atoms with Gasteiger partial charge >= 0.3 is 0 Å². The number of nitrogens with zero attached hydrogens (tertiary/aromatic N) is 2. The molecule has 0 aliphatic carbocycles. The Labute approximate surface area is 200 Å². The zero-order chi connectivity index (χ0) is 22.7. The number of carbonyl (C=O) groups is 3. The van der Waals surface area contributed by atoms with Gasteiger partial charge in [0.05, 0.1) is 4.91 Å². The van der Waals surface area contributed by atoms with Crippen molar-refractivity contribution in [2.75, 3.05) is 19.6 Å². The van der Waals surface area contributed by atoms with Crippen molar-refractivity contribution in [2.24, 2.45) is 0 Å². The summed E-state index contributed by atoms with van der Waals surface area (Å²) in [4.78, 5) is 40.6. The van der Waals surface area contributed by atoms with E-state index in [2.05, 4.69) is 0 Å². The molecular formula is C23H20Cl2N2O4S. The van der Waals surface area contributed by atoms with Crippen LogP contribution >= 0.6 is 35.0 Å². The lowest BCUT2D eigenvalue weighted by Crippen LogP contribution is -2.40. The van der Waals surface area contributed by atoms with E-state index in [1.165, 1.54) is 0 Å². The summed E-state index contributed by atoms with van der Waals surface area (Å²) in [5.41, 5.74) is 1.45. The Hall–Kier alpha value is -2.48. The van der Waals surface area contributed by atoms with Gasteiger partial charge in [-0.2, -0.15) is 0 Å². The van der Waals surface area contributed by atoms with Crippen LogP contribution in [0.25, 0.3) is 6.08 Å². The van der Waals surface area contributed by atoms with Gasteiger partial charge in [-0.15, -0.1) is 0 Å². The molecule has 9 heteroatoms. The third kappa shape index (κ3) is 5.28. The zero-order valence-corrected chi connectivity index (χ0v) is 19.4. The molecule has 2 aromatic rings. The molecule has 6 nitrogen and oxygen atoms in total. The molecule has 0 aromatic heterocycles. The fraction of sp³-hybridized carbons (Fsp3) is 0.261. The van der Waals surface area contributed by atoms with Gasteiger partial charge in [-0.05, 0) is 66.6 Å². The first-order chi connectivity index (χ1) is 15.4. The smallest absolute Gasteiger partial charge is 0.294 e. The Kier molecular flexibility index (Phi) is 7.08. The summed E-state index contributed by atoms with van der Waals surface area (Å²) in [5.74, 6) is -0.193. The summed E-state index contributed by atoms with van der Waals surface area (Å²) in [5, 5.41) is 0.617. The number of thioether (sulfide) groups is 1. The highest BCUT2D eigenvalue weighted by atomic mass is 35.5. The van der Waals surface area contributed by atoms with Crippen LogP contribution < -0.4 is 4.74 Å². The van der Waals surface area contributed by atoms with Crippen molar-refractivity contribution in [1.29, 1.82) is 0 Å². The molecular weight excluding hydrogens is 471 g/mol. The Morgan fingerprint density at radius 2 is 1.81 bits per heavy atom. The first-order valence-electron chi connectivity index (χ1n) is 10.1. The van der Waals surface area contributed by atoms with Crippen molar-refractivity contribution >= 4 is 58.1 Å². The highest BCUT2D eigenvalue weighted by Crippen LogP contribution is 2.35. The van der Waals surface area contributed by atoms with E-state index in [1.807, 2.05) is 12.1 Å². The van der Waals surface area contributed by atoms with Crippen molar-refractivity contribution in [1.82, 2.24) is 9.80 Å². The summed E-state index contributed by atoms with van der Waals surface area (Å²) in [6, 6.07) is 12.4. The molecule has 0 N–H and O–H groups in total. The lowest BCUT2D eigenvalue weighted by Gasteiger charge is -2.18. The van der Waals surface area contributed by atoms with E-state index in [1.54, 1.807) is 41.3 Å². The van der Waals surface area contributed by atoms with E-state index in [9.17, 15) is 14.4 Å². The van der Waals surface area contributed by atoms with Crippen molar-refractivity contribution in [3.8, 4) is 5.75 Å². The molecule has 166 valence electrons. The fourth-order valence-corrected chi connectivity index (χ4v) is 4.75. The van der Waals surface area contributed by atoms with Crippen LogP contribution in [0.3, 0.4) is 0 Å². The van der Waals surface area contributed by atoms with Crippen LogP contribution in [0.1, 0.15) is 24.0 Å². The molecule has 2 heterocycles. The average Bonchev–Trinajstić information content (AvgIpc) is 3.38. The van der Waals surface area contributed by atoms with Crippen LogP contribution in [0.2, 0.25) is 10.0 Å². The highest BCUT2D eigenvalue weighted by molar-refractivity contribution is 8.18. The number of ether oxygens (including phenoxy) is 1. The minimum absolute atomic E-state index is 0.209. The first kappa shape index (κ1) is 22.7. The lowest BCUT2D eigenvalue weighted by molar-refractivity contribution is -0.135. The monoisotopic (exact) mass is 490 g/mol. The van der Waals surface area contributed by atoms with Crippen LogP contribution in [-0.4, -0.2) is 46.5 Å². The van der Waals surface area contributed by atoms with Crippen molar-refractivity contribution < 1.29 is 19.1 Å². The maximum atomic E-state index is 12.8. The maximum Gasteiger partial charge on any atom is 0.294 e.